The summed E-state index contributed by atoms with van der Waals surface area (Å²) >= 11 is 0. The molecule has 1 fully saturated rings. The van der Waals surface area contributed by atoms with Crippen molar-refractivity contribution in [3.8, 4) is 11.3 Å². The number of fused-ring (bicyclic) bond motifs is 1. The summed E-state index contributed by atoms with van der Waals surface area (Å²) in [6, 6.07) is 9.78. The Balaban J connectivity index is 1.21. The van der Waals surface area contributed by atoms with Crippen LogP contribution in [-0.2, 0) is 6.54 Å². The maximum atomic E-state index is 13.4. The molecule has 0 saturated carbocycles. The van der Waals surface area contributed by atoms with Crippen molar-refractivity contribution in [3.63, 3.8) is 0 Å². The maximum Gasteiger partial charge on any atom is 0.253 e. The zero-order valence-corrected chi connectivity index (χ0v) is 18.3. The minimum atomic E-state index is -0.316. The molecule has 1 aliphatic heterocycles. The summed E-state index contributed by atoms with van der Waals surface area (Å²) in [5.41, 5.74) is 3.44. The quantitative estimate of drug-likeness (QED) is 0.506. The molecule has 9 heteroatoms. The van der Waals surface area contributed by atoms with Gasteiger partial charge in [0.1, 0.15) is 12.1 Å². The third-order valence-corrected chi connectivity index (χ3v) is 6.00. The van der Waals surface area contributed by atoms with E-state index in [1.807, 2.05) is 4.57 Å². The van der Waals surface area contributed by atoms with Gasteiger partial charge in [0.25, 0.3) is 5.91 Å². The van der Waals surface area contributed by atoms with E-state index in [0.29, 0.717) is 16.8 Å². The first-order valence-corrected chi connectivity index (χ1v) is 11.1. The van der Waals surface area contributed by atoms with Gasteiger partial charge in [-0.3, -0.25) is 9.78 Å². The van der Waals surface area contributed by atoms with Crippen LogP contribution in [0.25, 0.3) is 22.4 Å². The molecule has 1 saturated heterocycles. The predicted octanol–water partition coefficient (Wildman–Crippen LogP) is 3.45. The van der Waals surface area contributed by atoms with Gasteiger partial charge in [0, 0.05) is 37.4 Å². The van der Waals surface area contributed by atoms with Crippen LogP contribution in [0.1, 0.15) is 30.1 Å². The van der Waals surface area contributed by atoms with Gasteiger partial charge in [-0.05, 0) is 44.0 Å². The largest absolute Gasteiger partial charge is 0.355 e. The Bertz CT molecular complexity index is 1280. The number of imidazole rings is 1. The third-order valence-electron chi connectivity index (χ3n) is 6.00. The van der Waals surface area contributed by atoms with E-state index < -0.39 is 0 Å². The number of aromatic nitrogens is 5. The van der Waals surface area contributed by atoms with Crippen LogP contribution in [-0.4, -0.2) is 49.5 Å². The van der Waals surface area contributed by atoms with E-state index >= 15 is 0 Å². The molecule has 1 aromatic carbocycles. The SMILES string of the molecule is CCn1cnc2c(N3CCC(NC(=O)c4ccc(-c5cccc(F)c5)nc4)CC3)ncnc21. The zero-order valence-electron chi connectivity index (χ0n) is 18.3. The zero-order chi connectivity index (χ0) is 22.8. The monoisotopic (exact) mass is 445 g/mol. The Hall–Kier alpha value is -3.88. The molecule has 4 aromatic rings. The molecule has 33 heavy (non-hydrogen) atoms. The van der Waals surface area contributed by atoms with E-state index in [1.165, 1.54) is 18.3 Å². The lowest BCUT2D eigenvalue weighted by atomic mass is 10.0. The average molecular weight is 446 g/mol. The molecule has 8 nitrogen and oxygen atoms in total. The smallest absolute Gasteiger partial charge is 0.253 e. The number of benzene rings is 1. The summed E-state index contributed by atoms with van der Waals surface area (Å²) in [5, 5.41) is 3.11. The second-order valence-corrected chi connectivity index (χ2v) is 8.08. The van der Waals surface area contributed by atoms with Crippen LogP contribution in [0.3, 0.4) is 0 Å². The summed E-state index contributed by atoms with van der Waals surface area (Å²) in [6.07, 6.45) is 6.52. The molecule has 3 aromatic heterocycles. The molecular formula is C24H24FN7O. The van der Waals surface area contributed by atoms with Crippen LogP contribution >= 0.6 is 0 Å². The molecule has 1 aliphatic rings. The molecular weight excluding hydrogens is 421 g/mol. The predicted molar refractivity (Wildman–Crippen MR) is 123 cm³/mol. The Morgan fingerprint density at radius 3 is 2.70 bits per heavy atom. The minimum Gasteiger partial charge on any atom is -0.355 e. The average Bonchev–Trinajstić information content (AvgIpc) is 3.28. The fourth-order valence-electron chi connectivity index (χ4n) is 4.18. The molecule has 0 radical (unpaired) electrons. The Morgan fingerprint density at radius 1 is 1.12 bits per heavy atom. The standard InChI is InChI=1S/C24H24FN7O/c1-2-31-15-29-21-22(31)27-14-28-23(21)32-10-8-19(9-11-32)30-24(33)17-6-7-20(26-13-17)16-4-3-5-18(25)12-16/h3-7,12-15,19H,2,8-11H2,1H3,(H,30,33). The molecule has 0 aliphatic carbocycles. The molecule has 168 valence electrons. The number of amides is 1. The molecule has 0 unspecified atom stereocenters. The van der Waals surface area contributed by atoms with E-state index in [-0.39, 0.29) is 17.8 Å². The van der Waals surface area contributed by atoms with Gasteiger partial charge in [-0.25, -0.2) is 19.3 Å². The second-order valence-electron chi connectivity index (χ2n) is 8.08. The number of carbonyl (C=O) groups is 1. The van der Waals surface area contributed by atoms with Crippen molar-refractivity contribution < 1.29 is 9.18 Å². The highest BCUT2D eigenvalue weighted by molar-refractivity contribution is 5.94. The summed E-state index contributed by atoms with van der Waals surface area (Å²) < 4.78 is 15.4. The maximum absolute atomic E-state index is 13.4. The van der Waals surface area contributed by atoms with Gasteiger partial charge < -0.3 is 14.8 Å². The first-order chi connectivity index (χ1) is 16.1. The molecule has 1 amide bonds. The van der Waals surface area contributed by atoms with Gasteiger partial charge >= 0.3 is 0 Å². The van der Waals surface area contributed by atoms with Crippen LogP contribution < -0.4 is 10.2 Å². The van der Waals surface area contributed by atoms with Crippen molar-refractivity contribution in [2.75, 3.05) is 18.0 Å². The molecule has 0 bridgehead atoms. The van der Waals surface area contributed by atoms with Gasteiger partial charge in [-0.1, -0.05) is 12.1 Å². The van der Waals surface area contributed by atoms with E-state index in [4.69, 9.17) is 0 Å². The number of hydrogen-bond acceptors (Lipinski definition) is 6. The lowest BCUT2D eigenvalue weighted by Crippen LogP contribution is -2.45. The van der Waals surface area contributed by atoms with Crippen molar-refractivity contribution in [1.82, 2.24) is 29.8 Å². The summed E-state index contributed by atoms with van der Waals surface area (Å²) in [5.74, 6) is 0.371. The Kier molecular flexibility index (Phi) is 5.68. The van der Waals surface area contributed by atoms with Crippen molar-refractivity contribution in [2.45, 2.75) is 32.4 Å². The number of carbonyl (C=O) groups excluding carboxylic acids is 1. The van der Waals surface area contributed by atoms with E-state index in [9.17, 15) is 9.18 Å². The van der Waals surface area contributed by atoms with E-state index in [0.717, 1.165) is 49.5 Å². The molecule has 5 rings (SSSR count). The molecule has 4 heterocycles. The Labute approximate surface area is 190 Å². The number of rotatable bonds is 5. The molecule has 0 atom stereocenters. The number of hydrogen-bond donors (Lipinski definition) is 1. The van der Waals surface area contributed by atoms with E-state index in [1.54, 1.807) is 36.9 Å². The lowest BCUT2D eigenvalue weighted by molar-refractivity contribution is 0.0930. The number of aryl methyl sites for hydroxylation is 1. The van der Waals surface area contributed by atoms with Gasteiger partial charge in [0.05, 0.1) is 17.6 Å². The minimum absolute atomic E-state index is 0.0715. The van der Waals surface area contributed by atoms with E-state index in [2.05, 4.69) is 37.1 Å². The number of pyridine rings is 1. The van der Waals surface area contributed by atoms with Crippen LogP contribution in [0.2, 0.25) is 0 Å². The summed E-state index contributed by atoms with van der Waals surface area (Å²) in [6.45, 7) is 4.40. The topological polar surface area (TPSA) is 88.8 Å². The highest BCUT2D eigenvalue weighted by Crippen LogP contribution is 2.25. The number of nitrogens with one attached hydrogen (secondary N) is 1. The first-order valence-electron chi connectivity index (χ1n) is 11.1. The van der Waals surface area contributed by atoms with Crippen LogP contribution in [0, 0.1) is 5.82 Å². The van der Waals surface area contributed by atoms with Gasteiger partial charge in [0.15, 0.2) is 17.0 Å². The first kappa shape index (κ1) is 21.0. The Morgan fingerprint density at radius 2 is 1.97 bits per heavy atom. The number of anilines is 1. The normalized spacial score (nSPS) is 14.5. The number of piperidine rings is 1. The van der Waals surface area contributed by atoms with Gasteiger partial charge in [-0.15, -0.1) is 0 Å². The van der Waals surface area contributed by atoms with Gasteiger partial charge in [0.2, 0.25) is 0 Å². The number of halogens is 1. The highest BCUT2D eigenvalue weighted by atomic mass is 19.1. The lowest BCUT2D eigenvalue weighted by Gasteiger charge is -2.33. The van der Waals surface area contributed by atoms with Crippen molar-refractivity contribution in [2.24, 2.45) is 0 Å². The van der Waals surface area contributed by atoms with Crippen LogP contribution in [0.4, 0.5) is 10.2 Å². The molecule has 1 N–H and O–H groups in total. The van der Waals surface area contributed by atoms with Gasteiger partial charge in [-0.2, -0.15) is 0 Å². The highest BCUT2D eigenvalue weighted by Gasteiger charge is 2.24. The molecule has 0 spiro atoms. The van der Waals surface area contributed by atoms with Crippen molar-refractivity contribution in [1.29, 1.82) is 0 Å². The second kappa shape index (κ2) is 8.93. The number of nitrogens with zero attached hydrogens (tertiary/aromatic N) is 6. The van der Waals surface area contributed by atoms with Crippen LogP contribution in [0.15, 0.2) is 55.2 Å². The fourth-order valence-corrected chi connectivity index (χ4v) is 4.18. The summed E-state index contributed by atoms with van der Waals surface area (Å²) in [4.78, 5) is 32.6. The van der Waals surface area contributed by atoms with Crippen LogP contribution in [0.5, 0.6) is 0 Å². The fraction of sp³-hybridized carbons (Fsp3) is 0.292. The third kappa shape index (κ3) is 4.26. The van der Waals surface area contributed by atoms with Crippen molar-refractivity contribution in [3.05, 3.63) is 66.6 Å². The summed E-state index contributed by atoms with van der Waals surface area (Å²) in [7, 11) is 0. The van der Waals surface area contributed by atoms with Crippen molar-refractivity contribution >= 4 is 22.9 Å².